The summed E-state index contributed by atoms with van der Waals surface area (Å²) in [5.74, 6) is 0.733. The van der Waals surface area contributed by atoms with Crippen molar-refractivity contribution in [2.45, 2.75) is 63.5 Å². The molecule has 3 heterocycles. The first-order valence-corrected chi connectivity index (χ1v) is 11.5. The Morgan fingerprint density at radius 3 is 2.43 bits per heavy atom. The molecule has 164 valence electrons. The molecule has 6 heteroatoms. The number of fused-ring (bicyclic) bond motifs is 1. The minimum absolute atomic E-state index is 0. The van der Waals surface area contributed by atoms with Gasteiger partial charge in [-0.05, 0) is 68.5 Å². The molecule has 5 rings (SSSR count). The zero-order valence-electron chi connectivity index (χ0n) is 17.7. The number of amides is 2. The highest BCUT2D eigenvalue weighted by Gasteiger charge is 2.49. The summed E-state index contributed by atoms with van der Waals surface area (Å²) in [6.07, 6.45) is 8.88. The summed E-state index contributed by atoms with van der Waals surface area (Å²) in [5, 5.41) is 3.50. The van der Waals surface area contributed by atoms with Crippen LogP contribution in [-0.4, -0.2) is 59.9 Å². The fourth-order valence-electron chi connectivity index (χ4n) is 6.34. The van der Waals surface area contributed by atoms with Crippen molar-refractivity contribution in [3.05, 3.63) is 35.9 Å². The van der Waals surface area contributed by atoms with E-state index in [0.29, 0.717) is 16.9 Å². The Bertz CT molecular complexity index is 755. The van der Waals surface area contributed by atoms with E-state index in [1.54, 1.807) is 0 Å². The molecule has 1 spiro atoms. The molecule has 0 radical (unpaired) electrons. The molecule has 1 aliphatic carbocycles. The Labute approximate surface area is 186 Å². The number of benzene rings is 1. The molecule has 2 amide bonds. The Morgan fingerprint density at radius 1 is 1.00 bits per heavy atom. The van der Waals surface area contributed by atoms with E-state index in [4.69, 9.17) is 0 Å². The van der Waals surface area contributed by atoms with E-state index >= 15 is 0 Å². The van der Waals surface area contributed by atoms with Gasteiger partial charge in [0.1, 0.15) is 6.04 Å². The van der Waals surface area contributed by atoms with Crippen LogP contribution in [0.1, 0.15) is 61.7 Å². The fourth-order valence-corrected chi connectivity index (χ4v) is 6.34. The number of rotatable bonds is 2. The normalized spacial score (nSPS) is 30.1. The van der Waals surface area contributed by atoms with E-state index in [2.05, 4.69) is 10.2 Å². The van der Waals surface area contributed by atoms with Crippen LogP contribution in [0.25, 0.3) is 0 Å². The molecule has 4 aliphatic rings. The first-order valence-electron chi connectivity index (χ1n) is 11.5. The van der Waals surface area contributed by atoms with E-state index < -0.39 is 0 Å². The maximum Gasteiger partial charge on any atom is 0.254 e. The van der Waals surface area contributed by atoms with Gasteiger partial charge in [0, 0.05) is 31.2 Å². The van der Waals surface area contributed by atoms with Gasteiger partial charge in [-0.15, -0.1) is 12.4 Å². The third kappa shape index (κ3) is 3.87. The average Bonchev–Trinajstić information content (AvgIpc) is 3.39. The summed E-state index contributed by atoms with van der Waals surface area (Å²) in [7, 11) is 0. The van der Waals surface area contributed by atoms with E-state index in [9.17, 15) is 9.59 Å². The zero-order chi connectivity index (χ0) is 19.8. The molecule has 3 saturated heterocycles. The monoisotopic (exact) mass is 431 g/mol. The lowest BCUT2D eigenvalue weighted by Gasteiger charge is -2.41. The van der Waals surface area contributed by atoms with Gasteiger partial charge >= 0.3 is 0 Å². The summed E-state index contributed by atoms with van der Waals surface area (Å²) >= 11 is 0. The van der Waals surface area contributed by atoms with Gasteiger partial charge < -0.3 is 15.1 Å². The molecule has 5 nitrogen and oxygen atoms in total. The highest BCUT2D eigenvalue weighted by molar-refractivity contribution is 5.98. The summed E-state index contributed by atoms with van der Waals surface area (Å²) in [6.45, 7) is 3.90. The number of carbonyl (C=O) groups is 2. The van der Waals surface area contributed by atoms with Crippen LogP contribution in [-0.2, 0) is 4.79 Å². The van der Waals surface area contributed by atoms with Gasteiger partial charge in [0.15, 0.2) is 0 Å². The number of hydrogen-bond acceptors (Lipinski definition) is 3. The minimum atomic E-state index is -0.272. The van der Waals surface area contributed by atoms with Crippen LogP contribution < -0.4 is 5.32 Å². The number of piperidine rings is 1. The van der Waals surface area contributed by atoms with Gasteiger partial charge in [-0.3, -0.25) is 9.59 Å². The van der Waals surface area contributed by atoms with Crippen LogP contribution in [0.3, 0.4) is 0 Å². The molecular weight excluding hydrogens is 398 g/mol. The topological polar surface area (TPSA) is 52.7 Å². The number of halogens is 1. The molecule has 3 aliphatic heterocycles. The van der Waals surface area contributed by atoms with Crippen LogP contribution >= 0.6 is 12.4 Å². The van der Waals surface area contributed by atoms with Crippen molar-refractivity contribution in [3.63, 3.8) is 0 Å². The molecule has 1 saturated carbocycles. The third-order valence-corrected chi connectivity index (χ3v) is 8.10. The second kappa shape index (κ2) is 8.88. The molecule has 30 heavy (non-hydrogen) atoms. The maximum absolute atomic E-state index is 13.6. The Kier molecular flexibility index (Phi) is 6.40. The van der Waals surface area contributed by atoms with Gasteiger partial charge in [0.2, 0.25) is 5.91 Å². The largest absolute Gasteiger partial charge is 0.341 e. The van der Waals surface area contributed by atoms with Crippen molar-refractivity contribution < 1.29 is 9.59 Å². The summed E-state index contributed by atoms with van der Waals surface area (Å²) in [6, 6.07) is 9.51. The number of nitrogens with one attached hydrogen (secondary N) is 1. The molecule has 1 aromatic rings. The molecule has 3 atom stereocenters. The molecule has 4 fully saturated rings. The summed E-state index contributed by atoms with van der Waals surface area (Å²) < 4.78 is 0. The first kappa shape index (κ1) is 21.6. The molecule has 0 bridgehead atoms. The van der Waals surface area contributed by atoms with Crippen molar-refractivity contribution in [1.29, 1.82) is 0 Å². The smallest absolute Gasteiger partial charge is 0.254 e. The molecule has 0 aromatic heterocycles. The van der Waals surface area contributed by atoms with Gasteiger partial charge in [-0.25, -0.2) is 0 Å². The average molecular weight is 432 g/mol. The van der Waals surface area contributed by atoms with Crippen LogP contribution in [0.4, 0.5) is 0 Å². The number of carbonyl (C=O) groups excluding carboxylic acids is 2. The zero-order valence-corrected chi connectivity index (χ0v) is 18.5. The SMILES string of the molecule is Cl.O=C(C1CC2CCCCC2N1C(=O)c1ccccc1)N1CCC2(CCNC2)CC1. The van der Waals surface area contributed by atoms with E-state index in [1.807, 2.05) is 35.2 Å². The van der Waals surface area contributed by atoms with Gasteiger partial charge in [-0.1, -0.05) is 31.0 Å². The maximum atomic E-state index is 13.6. The van der Waals surface area contributed by atoms with E-state index in [0.717, 1.165) is 58.3 Å². The lowest BCUT2D eigenvalue weighted by atomic mass is 9.77. The second-order valence-electron chi connectivity index (χ2n) is 9.69. The van der Waals surface area contributed by atoms with Crippen LogP contribution in [0.2, 0.25) is 0 Å². The Morgan fingerprint density at radius 2 is 1.73 bits per heavy atom. The van der Waals surface area contributed by atoms with Crippen LogP contribution in [0.5, 0.6) is 0 Å². The predicted octanol–water partition coefficient (Wildman–Crippen LogP) is 3.48. The van der Waals surface area contributed by atoms with E-state index in [1.165, 1.54) is 19.3 Å². The number of likely N-dealkylation sites (tertiary alicyclic amines) is 2. The number of hydrogen-bond donors (Lipinski definition) is 1. The lowest BCUT2D eigenvalue weighted by molar-refractivity contribution is -0.137. The molecule has 3 unspecified atom stereocenters. The highest BCUT2D eigenvalue weighted by Crippen LogP contribution is 2.42. The fraction of sp³-hybridized carbons (Fsp3) is 0.667. The second-order valence-corrected chi connectivity index (χ2v) is 9.69. The third-order valence-electron chi connectivity index (χ3n) is 8.10. The van der Waals surface area contributed by atoms with Gasteiger partial charge in [0.25, 0.3) is 5.91 Å². The Balaban J connectivity index is 0.00000218. The highest BCUT2D eigenvalue weighted by atomic mass is 35.5. The van der Waals surface area contributed by atoms with E-state index in [-0.39, 0.29) is 36.3 Å². The lowest BCUT2D eigenvalue weighted by Crippen LogP contribution is -2.53. The van der Waals surface area contributed by atoms with Crippen molar-refractivity contribution in [1.82, 2.24) is 15.1 Å². The van der Waals surface area contributed by atoms with Crippen LogP contribution in [0, 0.1) is 11.3 Å². The summed E-state index contributed by atoms with van der Waals surface area (Å²) in [5.41, 5.74) is 1.12. The Hall–Kier alpha value is -1.59. The summed E-state index contributed by atoms with van der Waals surface area (Å²) in [4.78, 5) is 31.1. The quantitative estimate of drug-likeness (QED) is 0.779. The molecule has 1 aromatic carbocycles. The van der Waals surface area contributed by atoms with Gasteiger partial charge in [0.05, 0.1) is 0 Å². The van der Waals surface area contributed by atoms with Crippen molar-refractivity contribution in [2.24, 2.45) is 11.3 Å². The first-order chi connectivity index (χ1) is 14.2. The van der Waals surface area contributed by atoms with Crippen molar-refractivity contribution in [2.75, 3.05) is 26.2 Å². The standard InChI is InChI=1S/C24H33N3O2.ClH/c28-22(18-6-2-1-3-7-18)27-20-9-5-4-8-19(20)16-21(27)23(29)26-14-11-24(12-15-26)10-13-25-17-24;/h1-3,6-7,19-21,25H,4-5,8-17H2;1H. The molecular formula is C24H34ClN3O2. The van der Waals surface area contributed by atoms with Crippen molar-refractivity contribution in [3.8, 4) is 0 Å². The predicted molar refractivity (Wildman–Crippen MR) is 120 cm³/mol. The number of nitrogens with zero attached hydrogens (tertiary/aromatic N) is 2. The van der Waals surface area contributed by atoms with Crippen molar-refractivity contribution >= 4 is 24.2 Å². The molecule has 1 N–H and O–H groups in total. The van der Waals surface area contributed by atoms with Gasteiger partial charge in [-0.2, -0.15) is 0 Å². The minimum Gasteiger partial charge on any atom is -0.341 e. The van der Waals surface area contributed by atoms with Crippen LogP contribution in [0.15, 0.2) is 30.3 Å².